The second-order valence-electron chi connectivity index (χ2n) is 13.6. The van der Waals surface area contributed by atoms with Gasteiger partial charge in [0.2, 0.25) is 0 Å². The molecule has 0 aromatic carbocycles. The third-order valence-corrected chi connectivity index (χ3v) is 9.24. The van der Waals surface area contributed by atoms with Gasteiger partial charge in [-0.3, -0.25) is 0 Å². The fourth-order valence-corrected chi connectivity index (χ4v) is 6.28. The van der Waals surface area contributed by atoms with E-state index in [0.29, 0.717) is 0 Å². The van der Waals surface area contributed by atoms with Crippen LogP contribution in [0.2, 0.25) is 0 Å². The van der Waals surface area contributed by atoms with E-state index in [0.717, 1.165) is 11.8 Å². The van der Waals surface area contributed by atoms with Crippen LogP contribution in [0.4, 0.5) is 0 Å². The van der Waals surface area contributed by atoms with Crippen molar-refractivity contribution in [2.75, 3.05) is 0 Å². The summed E-state index contributed by atoms with van der Waals surface area (Å²) in [6, 6.07) is 0. The van der Waals surface area contributed by atoms with Crippen LogP contribution in [0.15, 0.2) is 0 Å². The highest BCUT2D eigenvalue weighted by Crippen LogP contribution is 2.20. The lowest BCUT2D eigenvalue weighted by molar-refractivity contribution is 0.427. The molecule has 0 N–H and O–H groups in total. The summed E-state index contributed by atoms with van der Waals surface area (Å²) in [5.74, 6) is 1.93. The maximum atomic E-state index is 2.51. The van der Waals surface area contributed by atoms with Gasteiger partial charge in [0.05, 0.1) is 0 Å². The molecule has 0 aromatic heterocycles. The summed E-state index contributed by atoms with van der Waals surface area (Å²) < 4.78 is 0. The molecule has 0 aromatic rings. The molecule has 0 saturated heterocycles. The first-order valence-corrected chi connectivity index (χ1v) is 18.7. The van der Waals surface area contributed by atoms with Crippen molar-refractivity contribution in [1.82, 2.24) is 0 Å². The van der Waals surface area contributed by atoms with Crippen molar-refractivity contribution in [2.45, 2.75) is 233 Å². The molecule has 0 radical (unpaired) electrons. The van der Waals surface area contributed by atoms with Crippen LogP contribution in [0.5, 0.6) is 0 Å². The van der Waals surface area contributed by atoms with Crippen LogP contribution in [-0.4, -0.2) is 0 Å². The maximum absolute atomic E-state index is 2.51. The fraction of sp³-hybridized carbons (Fsp3) is 1.00. The summed E-state index contributed by atoms with van der Waals surface area (Å²) in [5.41, 5.74) is 0. The monoisotopic (exact) mass is 535 g/mol. The molecule has 0 nitrogen and oxygen atoms in total. The zero-order chi connectivity index (χ0) is 27.8. The van der Waals surface area contributed by atoms with E-state index in [1.54, 1.807) is 0 Å². The van der Waals surface area contributed by atoms with E-state index >= 15 is 0 Å². The molecule has 0 spiro atoms. The van der Waals surface area contributed by atoms with Gasteiger partial charge in [-0.25, -0.2) is 0 Å². The summed E-state index contributed by atoms with van der Waals surface area (Å²) in [6.45, 7) is 9.59. The van der Waals surface area contributed by atoms with E-state index < -0.39 is 0 Å². The summed E-state index contributed by atoms with van der Waals surface area (Å²) in [7, 11) is 0. The second kappa shape index (κ2) is 33.2. The molecule has 38 heavy (non-hydrogen) atoms. The normalized spacial score (nSPS) is 13.3. The summed E-state index contributed by atoms with van der Waals surface area (Å²) in [5, 5.41) is 0. The smallest absolute Gasteiger partial charge is 0.0443 e. The number of unbranched alkanes of at least 4 members (excludes halogenated alkanes) is 25. The van der Waals surface area contributed by atoms with Gasteiger partial charge in [-0.05, 0) is 11.8 Å². The van der Waals surface area contributed by atoms with Crippen molar-refractivity contribution in [3.05, 3.63) is 0 Å². The minimum Gasteiger partial charge on any atom is -0.0654 e. The quantitative estimate of drug-likeness (QED) is 0.0734. The Balaban J connectivity index is 3.17. The molecule has 0 heteroatoms. The maximum Gasteiger partial charge on any atom is -0.0443 e. The van der Waals surface area contributed by atoms with Crippen LogP contribution >= 0.6 is 0 Å². The molecule has 0 amide bonds. The van der Waals surface area contributed by atoms with E-state index in [4.69, 9.17) is 0 Å². The SMILES string of the molecule is CCCCCCCCCCCCCCCCCCCC(C)CCCCCCCCCCCC(C)CCCC. The Hall–Kier alpha value is 0. The lowest BCUT2D eigenvalue weighted by Gasteiger charge is -2.11. The standard InChI is InChI=1S/C38H78/c1-5-7-9-10-11-12-13-14-15-16-17-18-19-21-24-28-31-35-38(4)36-32-29-26-23-20-22-25-27-30-34-37(3)33-8-6-2/h37-38H,5-36H2,1-4H3. The van der Waals surface area contributed by atoms with E-state index in [2.05, 4.69) is 27.7 Å². The van der Waals surface area contributed by atoms with Crippen molar-refractivity contribution in [2.24, 2.45) is 11.8 Å². The molecule has 0 bridgehead atoms. The van der Waals surface area contributed by atoms with Crippen molar-refractivity contribution in [1.29, 1.82) is 0 Å². The second-order valence-corrected chi connectivity index (χ2v) is 13.6. The molecule has 2 atom stereocenters. The van der Waals surface area contributed by atoms with Crippen LogP contribution in [-0.2, 0) is 0 Å². The highest BCUT2D eigenvalue weighted by molar-refractivity contribution is 4.57. The van der Waals surface area contributed by atoms with Crippen LogP contribution in [0, 0.1) is 11.8 Å². The molecule has 0 heterocycles. The zero-order valence-electron chi connectivity index (χ0n) is 27.8. The van der Waals surface area contributed by atoms with Crippen LogP contribution in [0.3, 0.4) is 0 Å². The highest BCUT2D eigenvalue weighted by atomic mass is 14.1. The van der Waals surface area contributed by atoms with Crippen molar-refractivity contribution >= 4 is 0 Å². The van der Waals surface area contributed by atoms with Gasteiger partial charge in [0, 0.05) is 0 Å². The van der Waals surface area contributed by atoms with Gasteiger partial charge in [0.25, 0.3) is 0 Å². The number of rotatable bonds is 33. The topological polar surface area (TPSA) is 0 Å². The predicted octanol–water partition coefficient (Wildman–Crippen LogP) is 14.8. The van der Waals surface area contributed by atoms with Gasteiger partial charge in [-0.1, -0.05) is 233 Å². The molecule has 230 valence electrons. The van der Waals surface area contributed by atoms with Gasteiger partial charge >= 0.3 is 0 Å². The average molecular weight is 535 g/mol. The third kappa shape index (κ3) is 32.2. The first-order valence-electron chi connectivity index (χ1n) is 18.7. The lowest BCUT2D eigenvalue weighted by Crippen LogP contribution is -1.95. The third-order valence-electron chi connectivity index (χ3n) is 9.24. The van der Waals surface area contributed by atoms with Crippen LogP contribution < -0.4 is 0 Å². The van der Waals surface area contributed by atoms with Gasteiger partial charge in [0.1, 0.15) is 0 Å². The molecule has 0 rings (SSSR count). The largest absolute Gasteiger partial charge is 0.0654 e. The highest BCUT2D eigenvalue weighted by Gasteiger charge is 2.03. The predicted molar refractivity (Wildman–Crippen MR) is 177 cm³/mol. The lowest BCUT2D eigenvalue weighted by atomic mass is 9.95. The minimum atomic E-state index is 0.964. The summed E-state index contributed by atoms with van der Waals surface area (Å²) in [4.78, 5) is 0. The van der Waals surface area contributed by atoms with E-state index in [1.807, 2.05) is 0 Å². The number of hydrogen-bond donors (Lipinski definition) is 0. The Kier molecular flexibility index (Phi) is 33.2. The molecule has 0 aliphatic heterocycles. The van der Waals surface area contributed by atoms with Gasteiger partial charge < -0.3 is 0 Å². The van der Waals surface area contributed by atoms with E-state index in [9.17, 15) is 0 Å². The van der Waals surface area contributed by atoms with Gasteiger partial charge in [0.15, 0.2) is 0 Å². The molecular formula is C38H78. The van der Waals surface area contributed by atoms with Crippen LogP contribution in [0.25, 0.3) is 0 Å². The first-order chi connectivity index (χ1) is 18.7. The molecule has 0 saturated carbocycles. The Bertz CT molecular complexity index is 399. The number of hydrogen-bond acceptors (Lipinski definition) is 0. The molecule has 0 fully saturated rings. The fourth-order valence-electron chi connectivity index (χ4n) is 6.28. The summed E-state index contributed by atoms with van der Waals surface area (Å²) >= 11 is 0. The average Bonchev–Trinajstić information content (AvgIpc) is 2.92. The van der Waals surface area contributed by atoms with Gasteiger partial charge in [-0.2, -0.15) is 0 Å². The molecule has 2 unspecified atom stereocenters. The molecule has 0 aliphatic carbocycles. The Morgan fingerprint density at radius 1 is 0.237 bits per heavy atom. The molecular weight excluding hydrogens is 456 g/mol. The van der Waals surface area contributed by atoms with Crippen molar-refractivity contribution in [3.63, 3.8) is 0 Å². The first kappa shape index (κ1) is 38.0. The Labute approximate surface area is 244 Å². The molecule has 0 aliphatic rings. The Morgan fingerprint density at radius 3 is 0.658 bits per heavy atom. The van der Waals surface area contributed by atoms with Crippen molar-refractivity contribution < 1.29 is 0 Å². The van der Waals surface area contributed by atoms with E-state index in [-0.39, 0.29) is 0 Å². The zero-order valence-corrected chi connectivity index (χ0v) is 27.8. The van der Waals surface area contributed by atoms with Crippen molar-refractivity contribution in [3.8, 4) is 0 Å². The minimum absolute atomic E-state index is 0.964. The van der Waals surface area contributed by atoms with Gasteiger partial charge in [-0.15, -0.1) is 0 Å². The van der Waals surface area contributed by atoms with Crippen LogP contribution in [0.1, 0.15) is 233 Å². The summed E-state index contributed by atoms with van der Waals surface area (Å²) in [6.07, 6.45) is 47.1. The van der Waals surface area contributed by atoms with E-state index in [1.165, 1.54) is 205 Å². The Morgan fingerprint density at radius 2 is 0.421 bits per heavy atom.